The zero-order valence-corrected chi connectivity index (χ0v) is 2.37. The number of rotatable bonds is 1. The summed E-state index contributed by atoms with van der Waals surface area (Å²) in [6.45, 7) is 0. The fourth-order valence-corrected chi connectivity index (χ4v) is 0. The van der Waals surface area contributed by atoms with Crippen molar-refractivity contribution in [2.75, 3.05) is 0 Å². The summed E-state index contributed by atoms with van der Waals surface area (Å²) < 4.78 is 0. The maximum Gasteiger partial charge on any atom is 0.233 e. The van der Waals surface area contributed by atoms with Crippen molar-refractivity contribution in [3.8, 4) is 0 Å². The molecule has 0 heterocycles. The van der Waals surface area contributed by atoms with E-state index in [0.717, 1.165) is 0 Å². The fourth-order valence-electron chi connectivity index (χ4n) is 0. The van der Waals surface area contributed by atoms with Gasteiger partial charge in [0.25, 0.3) is 0 Å². The zero-order valence-electron chi connectivity index (χ0n) is 2.37. The first kappa shape index (κ1) is 4.52. The van der Waals surface area contributed by atoms with Crippen molar-refractivity contribution < 1.29 is 10.2 Å². The van der Waals surface area contributed by atoms with Gasteiger partial charge in [0.05, 0.1) is 0 Å². The van der Waals surface area contributed by atoms with E-state index in [-0.39, 0.29) is 0 Å². The van der Waals surface area contributed by atoms with E-state index in [4.69, 9.17) is 15.7 Å². The van der Waals surface area contributed by atoms with Crippen LogP contribution >= 0.6 is 0 Å². The lowest BCUT2D eigenvalue weighted by atomic mass is 11.2. The summed E-state index contributed by atoms with van der Waals surface area (Å²) in [4.78, 5) is 0. The Morgan fingerprint density at radius 1 is 1.60 bits per heavy atom. The maximum atomic E-state index is 7.50. The number of nitrogens with zero attached hydrogens (tertiary/aromatic N) is 2. The molecule has 30 valence electrons. The minimum Gasteiger partial charge on any atom is -0.708 e. The first-order valence-electron chi connectivity index (χ1n) is 0.975. The molecule has 5 heavy (non-hydrogen) atoms. The number of aliphatic hydroxyl groups is 2. The highest BCUT2D eigenvalue weighted by molar-refractivity contribution is 4.19. The molecule has 0 unspecified atom stereocenters. The molecule has 0 rings (SSSR count). The molecule has 0 bridgehead atoms. The van der Waals surface area contributed by atoms with Gasteiger partial charge in [0.2, 0.25) is 6.41 Å². The van der Waals surface area contributed by atoms with Gasteiger partial charge >= 0.3 is 0 Å². The predicted molar refractivity (Wildman–Crippen MR) is 14.0 cm³/mol. The summed E-state index contributed by atoms with van der Waals surface area (Å²) in [5.74, 6) is 0. The summed E-state index contributed by atoms with van der Waals surface area (Å²) in [5.41, 5.74) is 7.27. The monoisotopic (exact) mass is 75.0 g/mol. The van der Waals surface area contributed by atoms with Crippen molar-refractivity contribution in [1.29, 1.82) is 0 Å². The second kappa shape index (κ2) is 1.80. The van der Waals surface area contributed by atoms with Crippen LogP contribution in [-0.4, -0.2) is 16.6 Å². The van der Waals surface area contributed by atoms with E-state index in [9.17, 15) is 0 Å². The SMILES string of the molecule is [N-]=NC(O)O. The van der Waals surface area contributed by atoms with E-state index >= 15 is 0 Å². The Labute approximate surface area is 28.6 Å². The first-order chi connectivity index (χ1) is 2.27. The molecule has 0 saturated heterocycles. The Bertz CT molecular complexity index is 34.6. The summed E-state index contributed by atoms with van der Waals surface area (Å²) in [6.07, 6.45) is -1.94. The quantitative estimate of drug-likeness (QED) is 0.318. The third-order valence-corrected chi connectivity index (χ3v) is 0.103. The highest BCUT2D eigenvalue weighted by Gasteiger charge is 1.73. The van der Waals surface area contributed by atoms with Crippen LogP contribution < -0.4 is 0 Å². The molecule has 0 spiro atoms. The molecule has 0 amide bonds. The fraction of sp³-hybridized carbons (Fsp3) is 1.00. The standard InChI is InChI=1S/CH3N2O2/c2-3-1(4)5/h1,4-5H/q-1. The van der Waals surface area contributed by atoms with Crippen molar-refractivity contribution in [3.63, 3.8) is 0 Å². The molecule has 2 N–H and O–H groups in total. The predicted octanol–water partition coefficient (Wildman–Crippen LogP) is -0.724. The van der Waals surface area contributed by atoms with Crippen LogP contribution in [0.25, 0.3) is 5.53 Å². The molecule has 0 aliphatic rings. The molecule has 0 aromatic rings. The van der Waals surface area contributed by atoms with Gasteiger partial charge in [-0.2, -0.15) is 0 Å². The number of hydrogen-bond donors (Lipinski definition) is 2. The summed E-state index contributed by atoms with van der Waals surface area (Å²) in [6, 6.07) is 0. The molecule has 0 saturated carbocycles. The molecule has 0 aromatic carbocycles. The van der Waals surface area contributed by atoms with Crippen LogP contribution in [0.2, 0.25) is 0 Å². The Kier molecular flexibility index (Phi) is 1.63. The average molecular weight is 75.0 g/mol. The first-order valence-corrected chi connectivity index (χ1v) is 0.975. The van der Waals surface area contributed by atoms with Gasteiger partial charge in [0, 0.05) is 0 Å². The van der Waals surface area contributed by atoms with Crippen molar-refractivity contribution in [2.45, 2.75) is 6.41 Å². The molecule has 4 nitrogen and oxygen atoms in total. The molecule has 0 aromatic heterocycles. The van der Waals surface area contributed by atoms with Gasteiger partial charge in [-0.25, -0.2) is 0 Å². The van der Waals surface area contributed by atoms with E-state index in [1.54, 1.807) is 0 Å². The van der Waals surface area contributed by atoms with Crippen LogP contribution in [0.15, 0.2) is 5.11 Å². The van der Waals surface area contributed by atoms with Gasteiger partial charge in [-0.1, -0.05) is 0 Å². The van der Waals surface area contributed by atoms with Gasteiger partial charge in [0.1, 0.15) is 0 Å². The smallest absolute Gasteiger partial charge is 0.233 e. The van der Waals surface area contributed by atoms with Crippen LogP contribution in [0, 0.1) is 0 Å². The number of hydrogen-bond acceptors (Lipinski definition) is 3. The second-order valence-corrected chi connectivity index (χ2v) is 0.462. The van der Waals surface area contributed by atoms with Gasteiger partial charge in [0.15, 0.2) is 0 Å². The average Bonchev–Trinajstić information content (AvgIpc) is 1.38. The minimum absolute atomic E-state index is 1.94. The van der Waals surface area contributed by atoms with Gasteiger partial charge in [-0.15, -0.1) is 0 Å². The van der Waals surface area contributed by atoms with Crippen LogP contribution in [0.1, 0.15) is 0 Å². The van der Waals surface area contributed by atoms with Crippen molar-refractivity contribution in [2.24, 2.45) is 5.11 Å². The molecule has 0 aliphatic heterocycles. The third kappa shape index (κ3) is 3.52. The molecule has 0 atom stereocenters. The Hall–Kier alpha value is -0.480. The second-order valence-electron chi connectivity index (χ2n) is 0.462. The van der Waals surface area contributed by atoms with E-state index in [1.807, 2.05) is 5.11 Å². The molecule has 4 heteroatoms. The van der Waals surface area contributed by atoms with Crippen molar-refractivity contribution in [1.82, 2.24) is 0 Å². The topological polar surface area (TPSA) is 75.1 Å². The summed E-state index contributed by atoms with van der Waals surface area (Å²) in [7, 11) is 0. The molecular formula is CH3N2O2-. The number of aliphatic hydroxyl groups excluding tert-OH is 1. The highest BCUT2D eigenvalue weighted by Crippen LogP contribution is 1.69. The lowest BCUT2D eigenvalue weighted by molar-refractivity contribution is -0.0325. The molecule has 0 radical (unpaired) electrons. The van der Waals surface area contributed by atoms with Crippen LogP contribution in [0.5, 0.6) is 0 Å². The highest BCUT2D eigenvalue weighted by atomic mass is 16.5. The largest absolute Gasteiger partial charge is 0.708 e. The van der Waals surface area contributed by atoms with Crippen LogP contribution in [0.3, 0.4) is 0 Å². The van der Waals surface area contributed by atoms with E-state index in [1.165, 1.54) is 0 Å². The lowest BCUT2D eigenvalue weighted by Crippen LogP contribution is -1.94. The minimum atomic E-state index is -1.94. The van der Waals surface area contributed by atoms with Gasteiger partial charge in [-0.05, 0) is 0 Å². The van der Waals surface area contributed by atoms with E-state index < -0.39 is 6.41 Å². The maximum absolute atomic E-state index is 7.50. The van der Waals surface area contributed by atoms with Gasteiger partial charge < -0.3 is 20.9 Å². The van der Waals surface area contributed by atoms with Crippen molar-refractivity contribution >= 4 is 0 Å². The van der Waals surface area contributed by atoms with Crippen molar-refractivity contribution in [3.05, 3.63) is 5.53 Å². The molecule has 0 fully saturated rings. The summed E-state index contributed by atoms with van der Waals surface area (Å²) in [5, 5.41) is 17.0. The molecule has 0 aliphatic carbocycles. The van der Waals surface area contributed by atoms with Crippen LogP contribution in [-0.2, 0) is 0 Å². The summed E-state index contributed by atoms with van der Waals surface area (Å²) >= 11 is 0. The third-order valence-electron chi connectivity index (χ3n) is 0.103. The normalized spacial score (nSPS) is 8.60. The van der Waals surface area contributed by atoms with Gasteiger partial charge in [-0.3, -0.25) is 0 Å². The Morgan fingerprint density at radius 3 is 1.80 bits per heavy atom. The lowest BCUT2D eigenvalue weighted by Gasteiger charge is -1.92. The van der Waals surface area contributed by atoms with E-state index in [2.05, 4.69) is 0 Å². The molecular weight excluding hydrogens is 72.0 g/mol. The van der Waals surface area contributed by atoms with E-state index in [0.29, 0.717) is 0 Å². The van der Waals surface area contributed by atoms with Crippen LogP contribution in [0.4, 0.5) is 0 Å². The zero-order chi connectivity index (χ0) is 4.28. The Morgan fingerprint density at radius 2 is 1.80 bits per heavy atom. The Balaban J connectivity index is 2.83.